The third-order valence-corrected chi connectivity index (χ3v) is 8.74. The van der Waals surface area contributed by atoms with Crippen molar-refractivity contribution in [3.63, 3.8) is 0 Å². The lowest BCUT2D eigenvalue weighted by atomic mass is 9.46. The fraction of sp³-hybridized carbons (Fsp3) is 0.591. The monoisotopic (exact) mass is 518 g/mol. The van der Waals surface area contributed by atoms with E-state index < -0.39 is 49.0 Å². The van der Waals surface area contributed by atoms with Crippen LogP contribution in [0.1, 0.15) is 68.8 Å². The standard InChI is InChI=1S/C22H30O10S2/c1-13-6-5-7-18-21(13,3)9-8-14(2)22(18,4)11-15-10-17(31-33(25,26)27)19(24)16(12-23)20(15)32-34(28,29)30/h10,12,14,18,24H,1,5-9,11H2,2-4H3,(H,25,26,27)(H,28,29,30)/t14-,18-,21-,22-/m1/s1. The van der Waals surface area contributed by atoms with Gasteiger partial charge in [0, 0.05) is 5.56 Å². The first-order chi connectivity index (χ1) is 15.5. The second kappa shape index (κ2) is 8.81. The van der Waals surface area contributed by atoms with Gasteiger partial charge in [0.25, 0.3) is 0 Å². The van der Waals surface area contributed by atoms with Gasteiger partial charge in [0.05, 0.1) is 0 Å². The maximum Gasteiger partial charge on any atom is 0.446 e. The molecule has 3 N–H and O–H groups in total. The van der Waals surface area contributed by atoms with E-state index in [9.17, 15) is 31.3 Å². The zero-order chi connectivity index (χ0) is 25.7. The number of benzene rings is 1. The Bertz CT molecular complexity index is 1220. The van der Waals surface area contributed by atoms with Crippen molar-refractivity contribution in [3.05, 3.63) is 29.3 Å². The first-order valence-electron chi connectivity index (χ1n) is 10.9. The number of carbonyl (C=O) groups is 1. The zero-order valence-electron chi connectivity index (χ0n) is 19.3. The normalized spacial score (nSPS) is 29.9. The highest BCUT2D eigenvalue weighted by Gasteiger charge is 2.54. The molecule has 0 spiro atoms. The molecule has 2 saturated carbocycles. The summed E-state index contributed by atoms with van der Waals surface area (Å²) in [7, 11) is -10.2. The quantitative estimate of drug-likeness (QED) is 0.274. The molecule has 2 fully saturated rings. The Kier molecular flexibility index (Phi) is 6.86. The van der Waals surface area contributed by atoms with Crippen molar-refractivity contribution in [2.24, 2.45) is 22.7 Å². The third kappa shape index (κ3) is 4.95. The second-order valence-electron chi connectivity index (χ2n) is 9.85. The van der Waals surface area contributed by atoms with Crippen LogP contribution < -0.4 is 8.37 Å². The smallest absolute Gasteiger partial charge is 0.446 e. The average Bonchev–Trinajstić information content (AvgIpc) is 2.69. The highest BCUT2D eigenvalue weighted by molar-refractivity contribution is 7.81. The zero-order valence-corrected chi connectivity index (χ0v) is 20.9. The Morgan fingerprint density at radius 2 is 1.76 bits per heavy atom. The molecule has 1 aromatic rings. The van der Waals surface area contributed by atoms with Gasteiger partial charge in [0.15, 0.2) is 23.5 Å². The highest BCUT2D eigenvalue weighted by atomic mass is 32.3. The number of hydrogen-bond donors (Lipinski definition) is 3. The third-order valence-electron chi connectivity index (χ3n) is 7.97. The van der Waals surface area contributed by atoms with Crippen molar-refractivity contribution in [2.75, 3.05) is 0 Å². The van der Waals surface area contributed by atoms with Gasteiger partial charge in [-0.25, -0.2) is 0 Å². The molecule has 0 aliphatic heterocycles. The first-order valence-corrected chi connectivity index (χ1v) is 13.6. The first kappa shape index (κ1) is 26.5. The van der Waals surface area contributed by atoms with Crippen LogP contribution >= 0.6 is 0 Å². The van der Waals surface area contributed by atoms with Crippen LogP contribution in [0.3, 0.4) is 0 Å². The Hall–Kier alpha value is -2.15. The lowest BCUT2D eigenvalue weighted by molar-refractivity contribution is -0.0490. The minimum atomic E-state index is -5.11. The minimum absolute atomic E-state index is 0.0194. The van der Waals surface area contributed by atoms with E-state index in [1.807, 2.05) is 6.92 Å². The molecular weight excluding hydrogens is 488 g/mol. The maximum absolute atomic E-state index is 11.8. The van der Waals surface area contributed by atoms with Crippen LogP contribution in [0.2, 0.25) is 0 Å². The number of aromatic hydroxyl groups is 1. The number of rotatable bonds is 7. The molecule has 1 aromatic carbocycles. The molecule has 0 heterocycles. The maximum atomic E-state index is 11.8. The van der Waals surface area contributed by atoms with Crippen LogP contribution in [0.25, 0.3) is 0 Å². The van der Waals surface area contributed by atoms with E-state index >= 15 is 0 Å². The van der Waals surface area contributed by atoms with E-state index in [0.717, 1.165) is 43.7 Å². The predicted octanol–water partition coefficient (Wildman–Crippen LogP) is 3.91. The highest BCUT2D eigenvalue weighted by Crippen LogP contribution is 2.62. The Morgan fingerprint density at radius 1 is 1.15 bits per heavy atom. The molecule has 3 rings (SSSR count). The molecule has 0 saturated heterocycles. The van der Waals surface area contributed by atoms with Crippen LogP contribution in [0, 0.1) is 22.7 Å². The van der Waals surface area contributed by atoms with E-state index in [1.165, 1.54) is 0 Å². The van der Waals surface area contributed by atoms with Gasteiger partial charge < -0.3 is 13.5 Å². The van der Waals surface area contributed by atoms with Crippen LogP contribution in [0.15, 0.2) is 18.2 Å². The van der Waals surface area contributed by atoms with E-state index in [-0.39, 0.29) is 35.5 Å². The van der Waals surface area contributed by atoms with Crippen molar-refractivity contribution in [1.29, 1.82) is 0 Å². The van der Waals surface area contributed by atoms with E-state index in [0.29, 0.717) is 0 Å². The van der Waals surface area contributed by atoms with Crippen molar-refractivity contribution in [2.45, 2.75) is 59.3 Å². The molecular formula is C22H30O10S2. The molecule has 2 aliphatic rings. The van der Waals surface area contributed by atoms with E-state index in [1.54, 1.807) is 0 Å². The van der Waals surface area contributed by atoms with Crippen molar-refractivity contribution in [3.8, 4) is 17.2 Å². The summed E-state index contributed by atoms with van der Waals surface area (Å²) in [6.07, 6.45) is 4.68. The Morgan fingerprint density at radius 3 is 2.32 bits per heavy atom. The van der Waals surface area contributed by atoms with Gasteiger partial charge in [-0.2, -0.15) is 16.8 Å². The second-order valence-corrected chi connectivity index (χ2v) is 11.9. The van der Waals surface area contributed by atoms with Crippen LogP contribution in [-0.2, 0) is 27.2 Å². The number of phenolic OH excluding ortho intramolecular Hbond substituents is 1. The number of phenols is 1. The Balaban J connectivity index is 2.22. The summed E-state index contributed by atoms with van der Waals surface area (Å²) in [4.78, 5) is 11.8. The SMILES string of the molecule is C=C1CCC[C@H]2[C@](C)(Cc3cc(OS(=O)(=O)O)c(O)c(C=O)c3OS(=O)(=O)O)[C@H](C)CC[C@]12C. The molecule has 10 nitrogen and oxygen atoms in total. The summed E-state index contributed by atoms with van der Waals surface area (Å²) in [6, 6.07) is 0.998. The van der Waals surface area contributed by atoms with Gasteiger partial charge in [-0.05, 0) is 67.3 Å². The predicted molar refractivity (Wildman–Crippen MR) is 123 cm³/mol. The van der Waals surface area contributed by atoms with Crippen molar-refractivity contribution >= 4 is 27.1 Å². The summed E-state index contributed by atoms with van der Waals surface area (Å²) in [6.45, 7) is 10.6. The molecule has 0 bridgehead atoms. The molecule has 4 atom stereocenters. The molecule has 0 unspecified atom stereocenters. The molecule has 0 aromatic heterocycles. The fourth-order valence-electron chi connectivity index (χ4n) is 6.00. The van der Waals surface area contributed by atoms with Gasteiger partial charge in [0.1, 0.15) is 5.56 Å². The Labute approximate surface area is 199 Å². The van der Waals surface area contributed by atoms with Gasteiger partial charge in [0.2, 0.25) is 0 Å². The summed E-state index contributed by atoms with van der Waals surface area (Å²) in [5.41, 5.74) is -0.226. The van der Waals surface area contributed by atoms with E-state index in [4.69, 9.17) is 4.55 Å². The molecule has 190 valence electrons. The van der Waals surface area contributed by atoms with Crippen molar-refractivity contribution in [1.82, 2.24) is 0 Å². The largest absolute Gasteiger partial charge is 0.504 e. The number of hydrogen-bond acceptors (Lipinski definition) is 8. The van der Waals surface area contributed by atoms with E-state index in [2.05, 4.69) is 28.8 Å². The topological polar surface area (TPSA) is 164 Å². The van der Waals surface area contributed by atoms with Gasteiger partial charge in [-0.1, -0.05) is 32.9 Å². The fourth-order valence-corrected chi connectivity index (χ4v) is 6.76. The number of fused-ring (bicyclic) bond motifs is 1. The lowest BCUT2D eigenvalue weighted by Crippen LogP contribution is -2.51. The number of allylic oxidation sites excluding steroid dienone is 1. The molecule has 2 aliphatic carbocycles. The minimum Gasteiger partial charge on any atom is -0.504 e. The van der Waals surface area contributed by atoms with Gasteiger partial charge in [-0.15, -0.1) is 0 Å². The average molecular weight is 519 g/mol. The van der Waals surface area contributed by atoms with Crippen LogP contribution in [-0.4, -0.2) is 37.3 Å². The molecule has 0 amide bonds. The van der Waals surface area contributed by atoms with Gasteiger partial charge >= 0.3 is 20.8 Å². The summed E-state index contributed by atoms with van der Waals surface area (Å²) in [5, 5.41) is 10.3. The molecule has 12 heteroatoms. The summed E-state index contributed by atoms with van der Waals surface area (Å²) >= 11 is 0. The number of aldehydes is 1. The van der Waals surface area contributed by atoms with Crippen molar-refractivity contribution < 1.29 is 44.2 Å². The lowest BCUT2D eigenvalue weighted by Gasteiger charge is -2.59. The molecule has 0 radical (unpaired) electrons. The summed E-state index contributed by atoms with van der Waals surface area (Å²) in [5.74, 6) is -2.21. The van der Waals surface area contributed by atoms with Crippen LogP contribution in [0.5, 0.6) is 17.2 Å². The summed E-state index contributed by atoms with van der Waals surface area (Å²) < 4.78 is 73.3. The molecule has 34 heavy (non-hydrogen) atoms. The van der Waals surface area contributed by atoms with Gasteiger partial charge in [-0.3, -0.25) is 13.9 Å². The van der Waals surface area contributed by atoms with Crippen LogP contribution in [0.4, 0.5) is 0 Å². The number of carbonyl (C=O) groups excluding carboxylic acids is 1.